The molecular formula is C17H19N7S. The molecule has 0 aliphatic carbocycles. The highest BCUT2D eigenvalue weighted by Crippen LogP contribution is 2.39. The Balaban J connectivity index is 1.82. The smallest absolute Gasteiger partial charge is 0.169 e. The summed E-state index contributed by atoms with van der Waals surface area (Å²) in [6, 6.07) is 8.23. The van der Waals surface area contributed by atoms with E-state index in [0.29, 0.717) is 0 Å². The maximum absolute atomic E-state index is 5.51. The molecule has 4 heterocycles. The Morgan fingerprint density at radius 1 is 1.16 bits per heavy atom. The molecule has 8 heteroatoms. The summed E-state index contributed by atoms with van der Waals surface area (Å²) in [4.78, 5) is 6.64. The van der Waals surface area contributed by atoms with Gasteiger partial charge in [0.15, 0.2) is 5.11 Å². The molecule has 2 unspecified atom stereocenters. The largest absolute Gasteiger partial charge is 0.352 e. The number of rotatable bonds is 3. The van der Waals surface area contributed by atoms with Crippen molar-refractivity contribution in [3.8, 4) is 0 Å². The van der Waals surface area contributed by atoms with Crippen molar-refractivity contribution in [3.05, 3.63) is 65.8 Å². The minimum atomic E-state index is 0.00793. The zero-order valence-corrected chi connectivity index (χ0v) is 15.1. The molecule has 0 amide bonds. The molecule has 0 aromatic carbocycles. The van der Waals surface area contributed by atoms with Crippen LogP contribution in [0.3, 0.4) is 0 Å². The predicted molar refractivity (Wildman–Crippen MR) is 97.9 cm³/mol. The van der Waals surface area contributed by atoms with Crippen molar-refractivity contribution >= 4 is 17.3 Å². The van der Waals surface area contributed by atoms with Crippen molar-refractivity contribution < 1.29 is 0 Å². The number of aromatic nitrogens is 5. The predicted octanol–water partition coefficient (Wildman–Crippen LogP) is 2.01. The molecule has 1 aliphatic heterocycles. The summed E-state index contributed by atoms with van der Waals surface area (Å²) in [5.41, 5.74) is 4.42. The fraction of sp³-hybridized carbons (Fsp3) is 0.294. The Labute approximate surface area is 151 Å². The second kappa shape index (κ2) is 5.96. The molecule has 3 aromatic rings. The van der Waals surface area contributed by atoms with E-state index >= 15 is 0 Å². The van der Waals surface area contributed by atoms with E-state index in [-0.39, 0.29) is 12.1 Å². The van der Waals surface area contributed by atoms with Crippen LogP contribution < -0.4 is 5.32 Å². The quantitative estimate of drug-likeness (QED) is 0.727. The molecule has 1 fully saturated rings. The minimum absolute atomic E-state index is 0.00793. The topological polar surface area (TPSA) is 63.8 Å². The third kappa shape index (κ3) is 2.49. The molecule has 3 aromatic heterocycles. The Morgan fingerprint density at radius 3 is 2.60 bits per heavy atom. The molecule has 0 spiro atoms. The van der Waals surface area contributed by atoms with Crippen LogP contribution in [-0.4, -0.2) is 41.6 Å². The van der Waals surface area contributed by atoms with Crippen LogP contribution in [-0.2, 0) is 0 Å². The maximum atomic E-state index is 5.51. The summed E-state index contributed by atoms with van der Waals surface area (Å²) in [6.45, 7) is 4.18. The van der Waals surface area contributed by atoms with Gasteiger partial charge in [-0.3, -0.25) is 9.66 Å². The summed E-state index contributed by atoms with van der Waals surface area (Å²) in [5.74, 6) is 0. The van der Waals surface area contributed by atoms with Gasteiger partial charge in [-0.1, -0.05) is 6.07 Å². The highest BCUT2D eigenvalue weighted by molar-refractivity contribution is 7.80. The summed E-state index contributed by atoms with van der Waals surface area (Å²) < 4.78 is 3.98. The number of pyridine rings is 1. The highest BCUT2D eigenvalue weighted by atomic mass is 32.1. The van der Waals surface area contributed by atoms with Crippen molar-refractivity contribution in [2.45, 2.75) is 25.9 Å². The fourth-order valence-corrected chi connectivity index (χ4v) is 3.82. The molecule has 0 radical (unpaired) electrons. The van der Waals surface area contributed by atoms with Gasteiger partial charge in [0, 0.05) is 30.2 Å². The zero-order chi connectivity index (χ0) is 17.6. The van der Waals surface area contributed by atoms with Crippen LogP contribution in [0, 0.1) is 13.8 Å². The first-order valence-corrected chi connectivity index (χ1v) is 8.47. The third-order valence-corrected chi connectivity index (χ3v) is 5.13. The van der Waals surface area contributed by atoms with Gasteiger partial charge >= 0.3 is 0 Å². The molecule has 25 heavy (non-hydrogen) atoms. The van der Waals surface area contributed by atoms with Gasteiger partial charge in [-0.05, 0) is 44.3 Å². The van der Waals surface area contributed by atoms with Gasteiger partial charge < -0.3 is 10.2 Å². The van der Waals surface area contributed by atoms with Crippen molar-refractivity contribution in [1.29, 1.82) is 0 Å². The fourth-order valence-electron chi connectivity index (χ4n) is 3.58. The van der Waals surface area contributed by atoms with Crippen LogP contribution in [0.2, 0.25) is 0 Å². The lowest BCUT2D eigenvalue weighted by atomic mass is 9.97. The van der Waals surface area contributed by atoms with Crippen molar-refractivity contribution in [2.24, 2.45) is 0 Å². The van der Waals surface area contributed by atoms with Crippen LogP contribution in [0.5, 0.6) is 0 Å². The molecule has 4 rings (SSSR count). The second-order valence-corrected chi connectivity index (χ2v) is 6.60. The SMILES string of the molecule is Cc1cc(C2C(c3ccccn3)NC(=S)N2C)c(C)n1-n1cnnc1. The number of nitrogens with one attached hydrogen (secondary N) is 1. The van der Waals surface area contributed by atoms with Crippen LogP contribution in [0.15, 0.2) is 43.1 Å². The monoisotopic (exact) mass is 353 g/mol. The number of hydrogen-bond donors (Lipinski definition) is 1. The number of hydrogen-bond acceptors (Lipinski definition) is 4. The first kappa shape index (κ1) is 15.8. The van der Waals surface area contributed by atoms with E-state index in [9.17, 15) is 0 Å². The maximum Gasteiger partial charge on any atom is 0.169 e. The first-order chi connectivity index (χ1) is 12.1. The average molecular weight is 353 g/mol. The van der Waals surface area contributed by atoms with E-state index in [4.69, 9.17) is 12.2 Å². The summed E-state index contributed by atoms with van der Waals surface area (Å²) in [6.07, 6.45) is 5.21. The molecule has 128 valence electrons. The Hall–Kier alpha value is -2.74. The lowest BCUT2D eigenvalue weighted by Crippen LogP contribution is -2.25. The minimum Gasteiger partial charge on any atom is -0.352 e. The molecule has 1 N–H and O–H groups in total. The standard InChI is InChI=1S/C17H19N7S/c1-11-8-13(12(2)24(11)23-9-19-20-10-23)16-15(21-17(25)22(16)3)14-6-4-5-7-18-14/h4-10,15-16H,1-3H3,(H,21,25). The Morgan fingerprint density at radius 2 is 1.92 bits per heavy atom. The number of nitrogens with zero attached hydrogens (tertiary/aromatic N) is 6. The van der Waals surface area contributed by atoms with Gasteiger partial charge in [0.2, 0.25) is 0 Å². The van der Waals surface area contributed by atoms with E-state index < -0.39 is 0 Å². The van der Waals surface area contributed by atoms with E-state index in [0.717, 1.165) is 22.2 Å². The molecule has 7 nitrogen and oxygen atoms in total. The lowest BCUT2D eigenvalue weighted by Gasteiger charge is -2.24. The van der Waals surface area contributed by atoms with Crippen molar-refractivity contribution in [2.75, 3.05) is 7.05 Å². The second-order valence-electron chi connectivity index (χ2n) is 6.22. The molecule has 1 aliphatic rings. The Kier molecular flexibility index (Phi) is 3.76. The third-order valence-electron chi connectivity index (χ3n) is 4.73. The van der Waals surface area contributed by atoms with Crippen molar-refractivity contribution in [3.63, 3.8) is 0 Å². The van der Waals surface area contributed by atoms with E-state index in [2.05, 4.69) is 50.0 Å². The molecule has 1 saturated heterocycles. The summed E-state index contributed by atoms with van der Waals surface area (Å²) >= 11 is 5.51. The van der Waals surface area contributed by atoms with Crippen molar-refractivity contribution in [1.82, 2.24) is 34.8 Å². The van der Waals surface area contributed by atoms with E-state index in [1.807, 2.05) is 36.1 Å². The lowest BCUT2D eigenvalue weighted by molar-refractivity contribution is 0.366. The van der Waals surface area contributed by atoms with Crippen LogP contribution >= 0.6 is 12.2 Å². The van der Waals surface area contributed by atoms with Gasteiger partial charge in [-0.15, -0.1) is 10.2 Å². The molecular weight excluding hydrogens is 334 g/mol. The summed E-state index contributed by atoms with van der Waals surface area (Å²) in [5, 5.41) is 12.0. The van der Waals surface area contributed by atoms with Crippen LogP contribution in [0.1, 0.15) is 34.7 Å². The Bertz CT molecular complexity index is 901. The number of thiocarbonyl (C=S) groups is 1. The van der Waals surface area contributed by atoms with Gasteiger partial charge in [-0.25, -0.2) is 4.68 Å². The highest BCUT2D eigenvalue weighted by Gasteiger charge is 2.39. The van der Waals surface area contributed by atoms with Crippen LogP contribution in [0.4, 0.5) is 0 Å². The average Bonchev–Trinajstić information content (AvgIpc) is 3.29. The summed E-state index contributed by atoms with van der Waals surface area (Å²) in [7, 11) is 2.02. The van der Waals surface area contributed by atoms with Gasteiger partial charge in [0.25, 0.3) is 0 Å². The molecule has 2 atom stereocenters. The van der Waals surface area contributed by atoms with Gasteiger partial charge in [0.05, 0.1) is 17.8 Å². The normalized spacial score (nSPS) is 20.1. The van der Waals surface area contributed by atoms with E-state index in [1.54, 1.807) is 12.7 Å². The van der Waals surface area contributed by atoms with Gasteiger partial charge in [-0.2, -0.15) is 0 Å². The number of aryl methyl sites for hydroxylation is 1. The van der Waals surface area contributed by atoms with E-state index in [1.165, 1.54) is 5.56 Å². The number of likely N-dealkylation sites (N-methyl/N-ethyl adjacent to an activating group) is 1. The molecule has 0 bridgehead atoms. The van der Waals surface area contributed by atoms with Crippen LogP contribution in [0.25, 0.3) is 0 Å². The first-order valence-electron chi connectivity index (χ1n) is 8.06. The molecule has 0 saturated carbocycles. The zero-order valence-electron chi connectivity index (χ0n) is 14.3. The van der Waals surface area contributed by atoms with Gasteiger partial charge in [0.1, 0.15) is 12.7 Å².